The van der Waals surface area contributed by atoms with Crippen LogP contribution in [0.4, 0.5) is 28.8 Å². The first-order valence-corrected chi connectivity index (χ1v) is 10.8. The normalized spacial score (nSPS) is 10.5. The minimum Gasteiger partial charge on any atom is -0.340 e. The van der Waals surface area contributed by atoms with Crippen LogP contribution in [0.15, 0.2) is 91.3 Å². The zero-order valence-electron chi connectivity index (χ0n) is 18.8. The lowest BCUT2D eigenvalue weighted by atomic mass is 10.2. The van der Waals surface area contributed by atoms with Crippen LogP contribution in [0.1, 0.15) is 16.3 Å². The van der Waals surface area contributed by atoms with E-state index in [4.69, 9.17) is 0 Å². The van der Waals surface area contributed by atoms with Crippen molar-refractivity contribution in [3.63, 3.8) is 0 Å². The standard InChI is InChI=1S/C25H21N9O/c1-17-28-23(15-24(29-17)32-22-9-5-6-14-26-22)30-18-10-12-19(13-11-18)31-25(35)21-16-27-34(33-21)20-7-3-2-4-8-20/h2-16H,1H3,(H,31,35)(H2,26,28,29,30,32). The monoisotopic (exact) mass is 463 g/mol. The fourth-order valence-electron chi connectivity index (χ4n) is 3.30. The number of hydrogen-bond donors (Lipinski definition) is 3. The highest BCUT2D eigenvalue weighted by molar-refractivity contribution is 6.02. The van der Waals surface area contributed by atoms with Crippen molar-refractivity contribution in [1.29, 1.82) is 0 Å². The number of hydrogen-bond acceptors (Lipinski definition) is 8. The van der Waals surface area contributed by atoms with Gasteiger partial charge in [-0.3, -0.25) is 4.79 Å². The summed E-state index contributed by atoms with van der Waals surface area (Å²) in [6.07, 6.45) is 3.15. The van der Waals surface area contributed by atoms with Crippen LogP contribution in [0.25, 0.3) is 5.69 Å². The molecule has 35 heavy (non-hydrogen) atoms. The Morgan fingerprint density at radius 1 is 0.800 bits per heavy atom. The third-order valence-corrected chi connectivity index (χ3v) is 4.89. The molecular formula is C25H21N9O. The summed E-state index contributed by atoms with van der Waals surface area (Å²) in [5.74, 6) is 2.22. The smallest absolute Gasteiger partial charge is 0.277 e. The minimum absolute atomic E-state index is 0.223. The summed E-state index contributed by atoms with van der Waals surface area (Å²) in [4.78, 5) is 27.1. The zero-order valence-corrected chi connectivity index (χ0v) is 18.8. The molecule has 0 radical (unpaired) electrons. The Kier molecular flexibility index (Phi) is 6.07. The number of benzene rings is 2. The van der Waals surface area contributed by atoms with E-state index >= 15 is 0 Å². The average molecular weight is 464 g/mol. The number of rotatable bonds is 7. The van der Waals surface area contributed by atoms with E-state index in [0.29, 0.717) is 29.0 Å². The van der Waals surface area contributed by atoms with Crippen molar-refractivity contribution in [2.45, 2.75) is 6.92 Å². The van der Waals surface area contributed by atoms with E-state index in [9.17, 15) is 4.79 Å². The molecule has 0 fully saturated rings. The summed E-state index contributed by atoms with van der Waals surface area (Å²) < 4.78 is 0. The maximum absolute atomic E-state index is 12.6. The molecule has 0 atom stereocenters. The third-order valence-electron chi connectivity index (χ3n) is 4.89. The molecule has 5 aromatic rings. The van der Waals surface area contributed by atoms with Gasteiger partial charge < -0.3 is 16.0 Å². The Hall–Kier alpha value is -5.12. The van der Waals surface area contributed by atoms with E-state index in [1.54, 1.807) is 24.4 Å². The van der Waals surface area contributed by atoms with Crippen LogP contribution in [0.2, 0.25) is 0 Å². The van der Waals surface area contributed by atoms with Gasteiger partial charge in [-0.2, -0.15) is 9.90 Å². The molecule has 0 spiro atoms. The van der Waals surface area contributed by atoms with Gasteiger partial charge in [0.1, 0.15) is 23.3 Å². The number of aryl methyl sites for hydroxylation is 1. The third kappa shape index (κ3) is 5.45. The molecule has 0 aliphatic heterocycles. The Morgan fingerprint density at radius 2 is 1.51 bits per heavy atom. The van der Waals surface area contributed by atoms with Crippen molar-refractivity contribution in [1.82, 2.24) is 29.9 Å². The van der Waals surface area contributed by atoms with E-state index in [1.165, 1.54) is 11.0 Å². The van der Waals surface area contributed by atoms with Crippen LogP contribution < -0.4 is 16.0 Å². The van der Waals surface area contributed by atoms with Gasteiger partial charge in [-0.1, -0.05) is 24.3 Å². The molecule has 0 aliphatic carbocycles. The average Bonchev–Trinajstić information content (AvgIpc) is 3.37. The summed E-state index contributed by atoms with van der Waals surface area (Å²) in [5, 5.41) is 17.7. The molecule has 0 unspecified atom stereocenters. The molecule has 3 N–H and O–H groups in total. The molecule has 0 saturated carbocycles. The number of carbonyl (C=O) groups is 1. The van der Waals surface area contributed by atoms with Gasteiger partial charge in [-0.15, -0.1) is 5.10 Å². The van der Waals surface area contributed by atoms with E-state index in [2.05, 4.69) is 41.1 Å². The van der Waals surface area contributed by atoms with Crippen LogP contribution in [0, 0.1) is 6.92 Å². The Labute approximate surface area is 201 Å². The number of carbonyl (C=O) groups excluding carboxylic acids is 1. The van der Waals surface area contributed by atoms with Crippen molar-refractivity contribution in [2.75, 3.05) is 16.0 Å². The van der Waals surface area contributed by atoms with Gasteiger partial charge in [0.25, 0.3) is 5.91 Å². The van der Waals surface area contributed by atoms with Gasteiger partial charge in [0, 0.05) is 23.6 Å². The van der Waals surface area contributed by atoms with Gasteiger partial charge in [0.2, 0.25) is 0 Å². The number of aromatic nitrogens is 6. The number of nitrogens with zero attached hydrogens (tertiary/aromatic N) is 6. The SMILES string of the molecule is Cc1nc(Nc2ccc(NC(=O)c3cnn(-c4ccccc4)n3)cc2)cc(Nc2ccccn2)n1. The highest BCUT2D eigenvalue weighted by Crippen LogP contribution is 2.21. The zero-order chi connectivity index (χ0) is 24.0. The lowest BCUT2D eigenvalue weighted by Gasteiger charge is -2.10. The quantitative estimate of drug-likeness (QED) is 0.322. The Bertz CT molecular complexity index is 1440. The van der Waals surface area contributed by atoms with Crippen molar-refractivity contribution in [2.24, 2.45) is 0 Å². The predicted molar refractivity (Wildman–Crippen MR) is 133 cm³/mol. The Morgan fingerprint density at radius 3 is 2.26 bits per heavy atom. The van der Waals surface area contributed by atoms with E-state index in [-0.39, 0.29) is 11.6 Å². The van der Waals surface area contributed by atoms with Gasteiger partial charge in [0.05, 0.1) is 11.9 Å². The molecule has 2 aromatic carbocycles. The second-order valence-corrected chi connectivity index (χ2v) is 7.54. The number of pyridine rings is 1. The van der Waals surface area contributed by atoms with E-state index in [0.717, 1.165) is 11.4 Å². The Balaban J connectivity index is 1.23. The summed E-state index contributed by atoms with van der Waals surface area (Å²) in [6, 6.07) is 24.1. The van der Waals surface area contributed by atoms with Gasteiger partial charge in [-0.05, 0) is 55.5 Å². The molecule has 0 saturated heterocycles. The van der Waals surface area contributed by atoms with Gasteiger partial charge >= 0.3 is 0 Å². The summed E-state index contributed by atoms with van der Waals surface area (Å²) >= 11 is 0. The molecule has 5 rings (SSSR count). The number of nitrogens with one attached hydrogen (secondary N) is 3. The van der Waals surface area contributed by atoms with Crippen molar-refractivity contribution < 1.29 is 4.79 Å². The molecule has 10 heteroatoms. The molecule has 10 nitrogen and oxygen atoms in total. The highest BCUT2D eigenvalue weighted by Gasteiger charge is 2.12. The van der Waals surface area contributed by atoms with Gasteiger partial charge in [0.15, 0.2) is 5.69 Å². The predicted octanol–water partition coefficient (Wildman–Crippen LogP) is 4.50. The lowest BCUT2D eigenvalue weighted by Crippen LogP contribution is -2.13. The molecule has 3 aromatic heterocycles. The van der Waals surface area contributed by atoms with Gasteiger partial charge in [-0.25, -0.2) is 15.0 Å². The molecule has 0 bridgehead atoms. The fourth-order valence-corrected chi connectivity index (χ4v) is 3.30. The fraction of sp³-hybridized carbons (Fsp3) is 0.0400. The first kappa shape index (κ1) is 21.7. The topological polar surface area (TPSA) is 123 Å². The van der Waals surface area contributed by atoms with Crippen molar-refractivity contribution in [3.05, 3.63) is 103 Å². The number of anilines is 5. The minimum atomic E-state index is -0.343. The van der Waals surface area contributed by atoms with Crippen LogP contribution in [0.5, 0.6) is 0 Å². The molecular weight excluding hydrogens is 442 g/mol. The molecule has 3 heterocycles. The van der Waals surface area contributed by atoms with Crippen LogP contribution in [-0.2, 0) is 0 Å². The largest absolute Gasteiger partial charge is 0.340 e. The summed E-state index contributed by atoms with van der Waals surface area (Å²) in [7, 11) is 0. The summed E-state index contributed by atoms with van der Waals surface area (Å²) in [6.45, 7) is 1.82. The first-order valence-electron chi connectivity index (χ1n) is 10.8. The van der Waals surface area contributed by atoms with Crippen LogP contribution in [-0.4, -0.2) is 35.9 Å². The maximum atomic E-state index is 12.6. The van der Waals surface area contributed by atoms with Crippen LogP contribution >= 0.6 is 0 Å². The maximum Gasteiger partial charge on any atom is 0.277 e. The number of para-hydroxylation sites is 1. The summed E-state index contributed by atoms with van der Waals surface area (Å²) in [5.41, 5.74) is 2.44. The second kappa shape index (κ2) is 9.79. The van der Waals surface area contributed by atoms with Crippen molar-refractivity contribution >= 4 is 34.7 Å². The van der Waals surface area contributed by atoms with E-state index in [1.807, 2.05) is 67.6 Å². The van der Waals surface area contributed by atoms with Crippen LogP contribution in [0.3, 0.4) is 0 Å². The number of amides is 1. The molecule has 172 valence electrons. The molecule has 1 amide bonds. The molecule has 0 aliphatic rings. The lowest BCUT2D eigenvalue weighted by molar-refractivity contribution is 0.102. The van der Waals surface area contributed by atoms with E-state index < -0.39 is 0 Å². The first-order chi connectivity index (χ1) is 17.1. The second-order valence-electron chi connectivity index (χ2n) is 7.54. The van der Waals surface area contributed by atoms with Crippen molar-refractivity contribution in [3.8, 4) is 5.69 Å². The highest BCUT2D eigenvalue weighted by atomic mass is 16.2.